The minimum Gasteiger partial charge on any atom is -0.381 e. The zero-order valence-electron chi connectivity index (χ0n) is 9.43. The van der Waals surface area contributed by atoms with Gasteiger partial charge >= 0.3 is 0 Å². The molecule has 4 heteroatoms. The second-order valence-corrected chi connectivity index (χ2v) is 3.36. The fourth-order valence-corrected chi connectivity index (χ4v) is 0.869. The van der Waals surface area contributed by atoms with E-state index < -0.39 is 0 Å². The fourth-order valence-electron chi connectivity index (χ4n) is 0.869. The number of likely N-dealkylation sites (N-methyl/N-ethyl adjacent to an activating group) is 1. The predicted octanol–water partition coefficient (Wildman–Crippen LogP) is 0.527. The Morgan fingerprint density at radius 3 is 2.71 bits per heavy atom. The first kappa shape index (κ1) is 13.4. The molecular weight excluding hydrogens is 180 g/mol. The van der Waals surface area contributed by atoms with Gasteiger partial charge in [0.15, 0.2) is 0 Å². The van der Waals surface area contributed by atoms with Crippen molar-refractivity contribution in [3.05, 3.63) is 0 Å². The summed E-state index contributed by atoms with van der Waals surface area (Å²) in [6.07, 6.45) is 1.45. The summed E-state index contributed by atoms with van der Waals surface area (Å²) < 4.78 is 5.21. The molecule has 0 saturated carbocycles. The molecule has 1 atom stereocenters. The average molecular weight is 202 g/mol. The van der Waals surface area contributed by atoms with Crippen LogP contribution in [0.4, 0.5) is 0 Å². The minimum absolute atomic E-state index is 0.0585. The molecule has 2 N–H and O–H groups in total. The molecule has 1 amide bonds. The molecule has 1 unspecified atom stereocenters. The smallest absolute Gasteiger partial charge is 0.222 e. The van der Waals surface area contributed by atoms with E-state index in [0.717, 1.165) is 13.0 Å². The van der Waals surface area contributed by atoms with E-state index in [0.29, 0.717) is 25.6 Å². The predicted molar refractivity (Wildman–Crippen MR) is 57.3 cm³/mol. The Morgan fingerprint density at radius 2 is 2.14 bits per heavy atom. The van der Waals surface area contributed by atoms with Crippen LogP contribution >= 0.6 is 0 Å². The van der Waals surface area contributed by atoms with Crippen LogP contribution in [0.1, 0.15) is 26.7 Å². The number of rotatable bonds is 8. The zero-order chi connectivity index (χ0) is 10.8. The number of ether oxygens (including phenoxy) is 1. The molecular formula is C10H22N2O2. The van der Waals surface area contributed by atoms with Gasteiger partial charge in [0.05, 0.1) is 6.61 Å². The maximum Gasteiger partial charge on any atom is 0.222 e. The number of hydrogen-bond acceptors (Lipinski definition) is 3. The fraction of sp³-hybridized carbons (Fsp3) is 0.900. The normalized spacial score (nSPS) is 12.5. The van der Waals surface area contributed by atoms with E-state index in [9.17, 15) is 4.79 Å². The molecule has 0 bridgehead atoms. The van der Waals surface area contributed by atoms with Gasteiger partial charge in [0.25, 0.3) is 0 Å². The van der Waals surface area contributed by atoms with Gasteiger partial charge in [-0.3, -0.25) is 4.79 Å². The molecule has 0 aliphatic rings. The average Bonchev–Trinajstić information content (AvgIpc) is 2.21. The third-order valence-electron chi connectivity index (χ3n) is 1.92. The lowest BCUT2D eigenvalue weighted by Gasteiger charge is -2.11. The lowest BCUT2D eigenvalue weighted by Crippen LogP contribution is -2.37. The largest absolute Gasteiger partial charge is 0.381 e. The maximum absolute atomic E-state index is 11.2. The first-order chi connectivity index (χ1) is 6.70. The Balaban J connectivity index is 3.28. The highest BCUT2D eigenvalue weighted by atomic mass is 16.5. The van der Waals surface area contributed by atoms with Crippen molar-refractivity contribution in [3.63, 3.8) is 0 Å². The molecule has 0 heterocycles. The van der Waals surface area contributed by atoms with Crippen LogP contribution < -0.4 is 10.6 Å². The number of nitrogens with one attached hydrogen (secondary N) is 2. The van der Waals surface area contributed by atoms with Crippen LogP contribution in [0.3, 0.4) is 0 Å². The summed E-state index contributed by atoms with van der Waals surface area (Å²) in [7, 11) is 1.88. The van der Waals surface area contributed by atoms with Gasteiger partial charge in [-0.25, -0.2) is 0 Å². The number of hydrogen-bond donors (Lipinski definition) is 2. The van der Waals surface area contributed by atoms with Gasteiger partial charge in [-0.15, -0.1) is 0 Å². The standard InChI is InChI=1S/C10H22N2O2/c1-4-6-14-7-5-10(13)12-8-9(2)11-3/h9,11H,4-8H2,1-3H3,(H,12,13). The van der Waals surface area contributed by atoms with Gasteiger partial charge in [0, 0.05) is 25.6 Å². The second-order valence-electron chi connectivity index (χ2n) is 3.36. The second kappa shape index (κ2) is 8.97. The van der Waals surface area contributed by atoms with Gasteiger partial charge in [0.1, 0.15) is 0 Å². The van der Waals surface area contributed by atoms with Crippen molar-refractivity contribution < 1.29 is 9.53 Å². The molecule has 0 rings (SSSR count). The van der Waals surface area contributed by atoms with Crippen LogP contribution in [-0.2, 0) is 9.53 Å². The summed E-state index contributed by atoms with van der Waals surface area (Å²) >= 11 is 0. The quantitative estimate of drug-likeness (QED) is 0.564. The summed E-state index contributed by atoms with van der Waals surface area (Å²) in [5.74, 6) is 0.0585. The topological polar surface area (TPSA) is 50.4 Å². The van der Waals surface area contributed by atoms with Crippen molar-refractivity contribution in [1.82, 2.24) is 10.6 Å². The highest BCUT2D eigenvalue weighted by molar-refractivity contribution is 5.75. The monoisotopic (exact) mass is 202 g/mol. The molecule has 0 saturated heterocycles. The SMILES string of the molecule is CCCOCCC(=O)NCC(C)NC. The van der Waals surface area contributed by atoms with Crippen LogP contribution in [0, 0.1) is 0 Å². The summed E-state index contributed by atoms with van der Waals surface area (Å²) in [5, 5.41) is 5.88. The third kappa shape index (κ3) is 8.01. The van der Waals surface area contributed by atoms with E-state index in [-0.39, 0.29) is 5.91 Å². The highest BCUT2D eigenvalue weighted by Crippen LogP contribution is 1.86. The van der Waals surface area contributed by atoms with Crippen molar-refractivity contribution in [1.29, 1.82) is 0 Å². The van der Waals surface area contributed by atoms with Crippen molar-refractivity contribution in [3.8, 4) is 0 Å². The van der Waals surface area contributed by atoms with E-state index in [1.54, 1.807) is 0 Å². The molecule has 0 aromatic carbocycles. The Morgan fingerprint density at radius 1 is 1.43 bits per heavy atom. The summed E-state index contributed by atoms with van der Waals surface area (Å²) in [5.41, 5.74) is 0. The number of carbonyl (C=O) groups excluding carboxylic acids is 1. The van der Waals surface area contributed by atoms with Crippen molar-refractivity contribution >= 4 is 5.91 Å². The van der Waals surface area contributed by atoms with Gasteiger partial charge in [-0.1, -0.05) is 6.92 Å². The van der Waals surface area contributed by atoms with Crippen molar-refractivity contribution in [2.45, 2.75) is 32.7 Å². The van der Waals surface area contributed by atoms with Gasteiger partial charge in [-0.2, -0.15) is 0 Å². The maximum atomic E-state index is 11.2. The van der Waals surface area contributed by atoms with E-state index in [4.69, 9.17) is 4.74 Å². The van der Waals surface area contributed by atoms with Gasteiger partial charge < -0.3 is 15.4 Å². The van der Waals surface area contributed by atoms with E-state index in [2.05, 4.69) is 17.6 Å². The lowest BCUT2D eigenvalue weighted by atomic mass is 10.3. The number of carbonyl (C=O) groups is 1. The molecule has 0 spiro atoms. The minimum atomic E-state index is 0.0585. The molecule has 84 valence electrons. The molecule has 0 aromatic rings. The highest BCUT2D eigenvalue weighted by Gasteiger charge is 2.02. The van der Waals surface area contributed by atoms with Crippen LogP contribution in [0.15, 0.2) is 0 Å². The molecule has 4 nitrogen and oxygen atoms in total. The zero-order valence-corrected chi connectivity index (χ0v) is 9.43. The Labute approximate surface area is 86.4 Å². The molecule has 0 aromatic heterocycles. The van der Waals surface area contributed by atoms with Crippen molar-refractivity contribution in [2.75, 3.05) is 26.8 Å². The van der Waals surface area contributed by atoms with Crippen LogP contribution in [0.5, 0.6) is 0 Å². The third-order valence-corrected chi connectivity index (χ3v) is 1.92. The van der Waals surface area contributed by atoms with Crippen molar-refractivity contribution in [2.24, 2.45) is 0 Å². The summed E-state index contributed by atoms with van der Waals surface area (Å²) in [4.78, 5) is 11.2. The molecule has 0 aliphatic heterocycles. The molecule has 0 radical (unpaired) electrons. The summed E-state index contributed by atoms with van der Waals surface area (Å²) in [6, 6.07) is 0.315. The Bertz CT molecular complexity index is 151. The van der Waals surface area contributed by atoms with E-state index >= 15 is 0 Å². The molecule has 0 aliphatic carbocycles. The first-order valence-corrected chi connectivity index (χ1v) is 5.22. The summed E-state index contributed by atoms with van der Waals surface area (Å²) in [6.45, 7) is 6.00. The van der Waals surface area contributed by atoms with Gasteiger partial charge in [0.2, 0.25) is 5.91 Å². The van der Waals surface area contributed by atoms with E-state index in [1.807, 2.05) is 14.0 Å². The van der Waals surface area contributed by atoms with Crippen LogP contribution in [0.2, 0.25) is 0 Å². The first-order valence-electron chi connectivity index (χ1n) is 5.22. The van der Waals surface area contributed by atoms with E-state index in [1.165, 1.54) is 0 Å². The Hall–Kier alpha value is -0.610. The lowest BCUT2D eigenvalue weighted by molar-refractivity contribution is -0.122. The Kier molecular flexibility index (Phi) is 8.57. The van der Waals surface area contributed by atoms with Crippen LogP contribution in [-0.4, -0.2) is 38.8 Å². The number of amides is 1. The molecule has 0 fully saturated rings. The molecule has 14 heavy (non-hydrogen) atoms. The van der Waals surface area contributed by atoms with Crippen LogP contribution in [0.25, 0.3) is 0 Å². The van der Waals surface area contributed by atoms with Gasteiger partial charge in [-0.05, 0) is 20.4 Å².